The van der Waals surface area contributed by atoms with Crippen molar-refractivity contribution in [2.75, 3.05) is 27.4 Å². The summed E-state index contributed by atoms with van der Waals surface area (Å²) in [7, 11) is 2.82. The van der Waals surface area contributed by atoms with Crippen LogP contribution in [0.1, 0.15) is 39.8 Å². The highest BCUT2D eigenvalue weighted by molar-refractivity contribution is 5.96. The number of pyridine rings is 1. The van der Waals surface area contributed by atoms with E-state index in [0.29, 0.717) is 36.9 Å². The molecule has 2 aromatic heterocycles. The van der Waals surface area contributed by atoms with Gasteiger partial charge in [0, 0.05) is 31.8 Å². The number of ether oxygens (including phenoxy) is 2. The number of hydrogen-bond donors (Lipinski definition) is 0. The van der Waals surface area contributed by atoms with Gasteiger partial charge in [0.25, 0.3) is 5.91 Å². The zero-order chi connectivity index (χ0) is 25.3. The Labute approximate surface area is 198 Å². The molecule has 186 valence electrons. The minimum absolute atomic E-state index is 0.00889. The van der Waals surface area contributed by atoms with Crippen molar-refractivity contribution in [2.24, 2.45) is 0 Å². The molecule has 1 aliphatic rings. The maximum atomic E-state index is 13.9. The fourth-order valence-electron chi connectivity index (χ4n) is 4.06. The van der Waals surface area contributed by atoms with Gasteiger partial charge >= 0.3 is 6.18 Å². The predicted molar refractivity (Wildman–Crippen MR) is 116 cm³/mol. The lowest BCUT2D eigenvalue weighted by Gasteiger charge is -2.30. The van der Waals surface area contributed by atoms with E-state index < -0.39 is 29.5 Å². The summed E-state index contributed by atoms with van der Waals surface area (Å²) < 4.78 is 66.5. The van der Waals surface area contributed by atoms with Crippen LogP contribution < -0.4 is 4.74 Å². The van der Waals surface area contributed by atoms with Crippen molar-refractivity contribution in [3.8, 4) is 17.3 Å². The zero-order valence-corrected chi connectivity index (χ0v) is 19.3. The molecule has 0 unspecified atom stereocenters. The van der Waals surface area contributed by atoms with Crippen LogP contribution in [0.15, 0.2) is 30.5 Å². The summed E-state index contributed by atoms with van der Waals surface area (Å²) in [4.78, 5) is 18.7. The predicted octanol–water partition coefficient (Wildman–Crippen LogP) is 4.05. The molecule has 4 rings (SSSR count). The van der Waals surface area contributed by atoms with Crippen LogP contribution in [0.3, 0.4) is 0 Å². The van der Waals surface area contributed by atoms with Crippen molar-refractivity contribution >= 4 is 5.91 Å². The number of benzene rings is 1. The number of fused-ring (bicyclic) bond motifs is 1. The Balaban J connectivity index is 1.73. The number of aromatic nitrogens is 4. The molecule has 0 fully saturated rings. The van der Waals surface area contributed by atoms with E-state index in [4.69, 9.17) is 9.47 Å². The molecule has 0 spiro atoms. The number of alkyl halides is 3. The largest absolute Gasteiger partial charge is 0.494 e. The zero-order valence-electron chi connectivity index (χ0n) is 19.3. The number of rotatable bonds is 4. The average Bonchev–Trinajstić information content (AvgIpc) is 3.20. The maximum absolute atomic E-state index is 13.9. The van der Waals surface area contributed by atoms with Crippen LogP contribution >= 0.6 is 0 Å². The highest BCUT2D eigenvalue weighted by Gasteiger charge is 2.36. The van der Waals surface area contributed by atoms with E-state index >= 15 is 0 Å². The van der Waals surface area contributed by atoms with Crippen LogP contribution in [0.5, 0.6) is 5.75 Å². The Hall–Kier alpha value is -3.54. The van der Waals surface area contributed by atoms with Crippen LogP contribution in [-0.4, -0.2) is 57.9 Å². The molecule has 0 N–H and O–H groups in total. The van der Waals surface area contributed by atoms with E-state index in [9.17, 15) is 22.4 Å². The molecule has 1 aromatic carbocycles. The SMILES string of the molecule is COc1cc(-c2nnc3n2CCCOC[C@H]3N(C)C(=O)c2cccc(C(F)(F)F)c2C)ncc1F. The van der Waals surface area contributed by atoms with E-state index in [1.165, 1.54) is 44.2 Å². The summed E-state index contributed by atoms with van der Waals surface area (Å²) in [6, 6.07) is 4.17. The quantitative estimate of drug-likeness (QED) is 0.510. The normalized spacial score (nSPS) is 16.3. The topological polar surface area (TPSA) is 82.4 Å². The first-order valence-electron chi connectivity index (χ1n) is 10.8. The summed E-state index contributed by atoms with van der Waals surface area (Å²) in [5.41, 5.74) is -0.772. The second-order valence-corrected chi connectivity index (χ2v) is 8.07. The first-order chi connectivity index (χ1) is 16.6. The van der Waals surface area contributed by atoms with E-state index in [2.05, 4.69) is 15.2 Å². The number of amides is 1. The molecule has 1 atom stereocenters. The molecule has 1 amide bonds. The van der Waals surface area contributed by atoms with Crippen LogP contribution in [-0.2, 0) is 17.5 Å². The highest BCUT2D eigenvalue weighted by atomic mass is 19.4. The van der Waals surface area contributed by atoms with Gasteiger partial charge in [-0.3, -0.25) is 4.79 Å². The molecule has 35 heavy (non-hydrogen) atoms. The van der Waals surface area contributed by atoms with Crippen LogP contribution in [0.4, 0.5) is 17.6 Å². The van der Waals surface area contributed by atoms with Gasteiger partial charge in [0.05, 0.1) is 25.5 Å². The Kier molecular flexibility index (Phi) is 6.75. The molecule has 3 heterocycles. The van der Waals surface area contributed by atoms with Crippen molar-refractivity contribution in [3.63, 3.8) is 0 Å². The van der Waals surface area contributed by atoms with Crippen LogP contribution in [0.25, 0.3) is 11.5 Å². The Morgan fingerprint density at radius 1 is 1.29 bits per heavy atom. The van der Waals surface area contributed by atoms with E-state index in [-0.39, 0.29) is 23.5 Å². The third kappa shape index (κ3) is 4.70. The molecule has 0 radical (unpaired) electrons. The monoisotopic (exact) mass is 493 g/mol. The number of hydrogen-bond acceptors (Lipinski definition) is 6. The lowest BCUT2D eigenvalue weighted by molar-refractivity contribution is -0.138. The molecular weight excluding hydrogens is 470 g/mol. The third-order valence-corrected chi connectivity index (χ3v) is 5.95. The number of carbonyl (C=O) groups is 1. The standard InChI is InChI=1S/C23H23F4N5O3/c1-13-14(6-4-7-15(13)23(25,26)27)22(33)31(2)18-12-35-9-5-8-32-20(29-30-21(18)32)17-10-19(34-3)16(24)11-28-17/h4,6-7,10-11,18H,5,8-9,12H2,1-3H3/t18-/m1/s1. The second kappa shape index (κ2) is 9.61. The summed E-state index contributed by atoms with van der Waals surface area (Å²) >= 11 is 0. The lowest BCUT2D eigenvalue weighted by Crippen LogP contribution is -2.37. The maximum Gasteiger partial charge on any atom is 0.416 e. The van der Waals surface area contributed by atoms with Crippen molar-refractivity contribution in [2.45, 2.75) is 32.1 Å². The minimum atomic E-state index is -4.58. The van der Waals surface area contributed by atoms with Crippen molar-refractivity contribution in [3.05, 3.63) is 58.8 Å². The van der Waals surface area contributed by atoms with Gasteiger partial charge in [0.15, 0.2) is 23.2 Å². The Bertz CT molecular complexity index is 1240. The van der Waals surface area contributed by atoms with E-state index in [1.54, 1.807) is 4.57 Å². The number of carbonyl (C=O) groups excluding carboxylic acids is 1. The van der Waals surface area contributed by atoms with Crippen molar-refractivity contribution in [1.29, 1.82) is 0 Å². The molecule has 0 aliphatic carbocycles. The smallest absolute Gasteiger partial charge is 0.416 e. The minimum Gasteiger partial charge on any atom is -0.494 e. The van der Waals surface area contributed by atoms with Gasteiger partial charge in [-0.15, -0.1) is 10.2 Å². The summed E-state index contributed by atoms with van der Waals surface area (Å²) in [5, 5.41) is 8.47. The molecule has 0 bridgehead atoms. The number of methoxy groups -OCH3 is 1. The first-order valence-corrected chi connectivity index (χ1v) is 10.8. The highest BCUT2D eigenvalue weighted by Crippen LogP contribution is 2.34. The van der Waals surface area contributed by atoms with Crippen molar-refractivity contribution < 1.29 is 31.8 Å². The van der Waals surface area contributed by atoms with E-state index in [1.807, 2.05) is 0 Å². The van der Waals surface area contributed by atoms with Gasteiger partial charge in [-0.05, 0) is 31.0 Å². The van der Waals surface area contributed by atoms with Gasteiger partial charge in [0.2, 0.25) is 0 Å². The van der Waals surface area contributed by atoms with Crippen LogP contribution in [0, 0.1) is 12.7 Å². The van der Waals surface area contributed by atoms with E-state index in [0.717, 1.165) is 12.3 Å². The summed E-state index contributed by atoms with van der Waals surface area (Å²) in [5.74, 6) is -0.519. The number of likely N-dealkylation sites (N-methyl/N-ethyl adjacent to an activating group) is 1. The lowest BCUT2D eigenvalue weighted by atomic mass is 10.0. The van der Waals surface area contributed by atoms with Crippen LogP contribution in [0.2, 0.25) is 0 Å². The average molecular weight is 493 g/mol. The van der Waals surface area contributed by atoms with Crippen molar-refractivity contribution in [1.82, 2.24) is 24.6 Å². The van der Waals surface area contributed by atoms with Gasteiger partial charge in [-0.2, -0.15) is 13.2 Å². The molecule has 3 aromatic rings. The molecule has 8 nitrogen and oxygen atoms in total. The molecular formula is C23H23F4N5O3. The number of halogens is 4. The van der Waals surface area contributed by atoms with Gasteiger partial charge in [0.1, 0.15) is 11.7 Å². The fraction of sp³-hybridized carbons (Fsp3) is 0.391. The summed E-state index contributed by atoms with van der Waals surface area (Å²) in [6.07, 6.45) is -2.94. The Morgan fingerprint density at radius 2 is 2.06 bits per heavy atom. The molecule has 0 saturated carbocycles. The fourth-order valence-corrected chi connectivity index (χ4v) is 4.06. The molecule has 0 saturated heterocycles. The Morgan fingerprint density at radius 3 is 2.77 bits per heavy atom. The van der Waals surface area contributed by atoms with Gasteiger partial charge in [-0.1, -0.05) is 6.07 Å². The first kappa shape index (κ1) is 24.6. The molecule has 1 aliphatic heterocycles. The number of nitrogens with zero attached hydrogens (tertiary/aromatic N) is 5. The second-order valence-electron chi connectivity index (χ2n) is 8.07. The summed E-state index contributed by atoms with van der Waals surface area (Å²) in [6.45, 7) is 2.16. The van der Waals surface area contributed by atoms with Gasteiger partial charge < -0.3 is 18.9 Å². The molecule has 12 heteroatoms. The van der Waals surface area contributed by atoms with Gasteiger partial charge in [-0.25, -0.2) is 9.37 Å². The third-order valence-electron chi connectivity index (χ3n) is 5.95.